The maximum absolute atomic E-state index is 11.6. The summed E-state index contributed by atoms with van der Waals surface area (Å²) in [6.45, 7) is 0. The first kappa shape index (κ1) is 19.6. The molecule has 2 unspecified atom stereocenters. The van der Waals surface area contributed by atoms with Crippen LogP contribution in [-0.4, -0.2) is 29.7 Å². The minimum Gasteiger partial charge on any atom is -0.389 e. The molecule has 1 aliphatic rings. The normalized spacial score (nSPS) is 19.3. The molecule has 0 heterocycles. The van der Waals surface area contributed by atoms with Crippen LogP contribution >= 0.6 is 15.9 Å². The van der Waals surface area contributed by atoms with Gasteiger partial charge in [0.1, 0.15) is 0 Å². The van der Waals surface area contributed by atoms with E-state index in [0.717, 1.165) is 36.6 Å². The van der Waals surface area contributed by atoms with Crippen LogP contribution in [0.4, 0.5) is 0 Å². The van der Waals surface area contributed by atoms with Crippen molar-refractivity contribution in [1.29, 1.82) is 0 Å². The highest BCUT2D eigenvalue weighted by atomic mass is 79.9. The Labute approximate surface area is 166 Å². The summed E-state index contributed by atoms with van der Waals surface area (Å²) >= 11 is 3.73. The van der Waals surface area contributed by atoms with E-state index in [1.54, 1.807) is 0 Å². The van der Waals surface area contributed by atoms with Gasteiger partial charge < -0.3 is 10.0 Å². The van der Waals surface area contributed by atoms with Crippen LogP contribution in [0.15, 0.2) is 59.1 Å². The summed E-state index contributed by atoms with van der Waals surface area (Å²) in [4.78, 5) is 2.28. The summed E-state index contributed by atoms with van der Waals surface area (Å²) in [6.07, 6.45) is 6.22. The van der Waals surface area contributed by atoms with Crippen LogP contribution in [0.1, 0.15) is 61.6 Å². The quantitative estimate of drug-likeness (QED) is 0.632. The number of nitrogens with zero attached hydrogens (tertiary/aromatic N) is 1. The highest BCUT2D eigenvalue weighted by Gasteiger charge is 2.40. The molecular weight excluding hydrogens is 386 g/mol. The molecule has 0 radical (unpaired) electrons. The first-order chi connectivity index (χ1) is 12.5. The Bertz CT molecular complexity index is 694. The molecule has 2 aromatic carbocycles. The van der Waals surface area contributed by atoms with Crippen molar-refractivity contribution >= 4 is 15.9 Å². The average molecular weight is 416 g/mol. The highest BCUT2D eigenvalue weighted by molar-refractivity contribution is 9.10. The number of hydrogen-bond donors (Lipinski definition) is 1. The molecule has 0 saturated heterocycles. The minimum atomic E-state index is -0.602. The lowest BCUT2D eigenvalue weighted by Gasteiger charge is -2.42. The molecule has 2 atom stereocenters. The van der Waals surface area contributed by atoms with Gasteiger partial charge in [-0.1, -0.05) is 83.7 Å². The summed E-state index contributed by atoms with van der Waals surface area (Å²) in [7, 11) is 4.27. The van der Waals surface area contributed by atoms with Gasteiger partial charge in [0.15, 0.2) is 0 Å². The van der Waals surface area contributed by atoms with E-state index in [0.29, 0.717) is 0 Å². The molecule has 0 amide bonds. The Morgan fingerprint density at radius 2 is 1.58 bits per heavy atom. The maximum Gasteiger partial charge on any atom is 0.0716 e. The third kappa shape index (κ3) is 4.39. The lowest BCUT2D eigenvalue weighted by Crippen LogP contribution is -2.40. The van der Waals surface area contributed by atoms with Crippen LogP contribution in [0.2, 0.25) is 0 Å². The SMILES string of the molecule is CN(C)C(CC(c1ccccc1)C1(O)CCCCC1)c1ccccc1Br. The summed E-state index contributed by atoms with van der Waals surface area (Å²) in [5.41, 5.74) is 1.95. The van der Waals surface area contributed by atoms with Crippen molar-refractivity contribution in [3.05, 3.63) is 70.2 Å². The second-order valence-corrected chi connectivity index (χ2v) is 8.72. The molecule has 26 heavy (non-hydrogen) atoms. The fourth-order valence-electron chi connectivity index (χ4n) is 4.45. The molecule has 0 aromatic heterocycles. The van der Waals surface area contributed by atoms with E-state index < -0.39 is 5.60 Å². The van der Waals surface area contributed by atoms with Crippen molar-refractivity contribution in [1.82, 2.24) is 4.90 Å². The Balaban J connectivity index is 1.97. The van der Waals surface area contributed by atoms with Gasteiger partial charge in [-0.15, -0.1) is 0 Å². The van der Waals surface area contributed by atoms with Crippen LogP contribution in [0.3, 0.4) is 0 Å². The van der Waals surface area contributed by atoms with Gasteiger partial charge in [-0.05, 0) is 50.6 Å². The third-order valence-electron chi connectivity index (χ3n) is 5.92. The van der Waals surface area contributed by atoms with Crippen LogP contribution in [0.5, 0.6) is 0 Å². The fourth-order valence-corrected chi connectivity index (χ4v) is 5.00. The topological polar surface area (TPSA) is 23.5 Å². The van der Waals surface area contributed by atoms with E-state index >= 15 is 0 Å². The molecule has 0 spiro atoms. The van der Waals surface area contributed by atoms with E-state index in [1.165, 1.54) is 17.5 Å². The third-order valence-corrected chi connectivity index (χ3v) is 6.64. The molecule has 1 aliphatic carbocycles. The maximum atomic E-state index is 11.6. The molecule has 1 N–H and O–H groups in total. The van der Waals surface area contributed by atoms with E-state index in [2.05, 4.69) is 89.5 Å². The van der Waals surface area contributed by atoms with E-state index in [9.17, 15) is 5.11 Å². The summed E-state index contributed by atoms with van der Waals surface area (Å²) in [5, 5.41) is 11.6. The van der Waals surface area contributed by atoms with Crippen molar-refractivity contribution < 1.29 is 5.11 Å². The van der Waals surface area contributed by atoms with Crippen molar-refractivity contribution in [3.8, 4) is 0 Å². The van der Waals surface area contributed by atoms with Gasteiger partial charge in [0.25, 0.3) is 0 Å². The predicted molar refractivity (Wildman–Crippen MR) is 112 cm³/mol. The van der Waals surface area contributed by atoms with Gasteiger partial charge in [-0.3, -0.25) is 0 Å². The molecule has 140 valence electrons. The highest BCUT2D eigenvalue weighted by Crippen LogP contribution is 2.45. The Morgan fingerprint density at radius 1 is 0.962 bits per heavy atom. The number of hydrogen-bond acceptors (Lipinski definition) is 2. The fraction of sp³-hybridized carbons (Fsp3) is 0.478. The zero-order valence-electron chi connectivity index (χ0n) is 15.9. The number of rotatable bonds is 6. The van der Waals surface area contributed by atoms with Crippen LogP contribution in [0, 0.1) is 0 Å². The standard InChI is InChI=1S/C23H30BrNO/c1-25(2)22(19-13-7-8-14-21(19)24)17-20(18-11-5-3-6-12-18)23(26)15-9-4-10-16-23/h3,5-8,11-14,20,22,26H,4,9-10,15-17H2,1-2H3. The molecule has 3 rings (SSSR count). The second-order valence-electron chi connectivity index (χ2n) is 7.86. The van der Waals surface area contributed by atoms with Gasteiger partial charge in [0.05, 0.1) is 5.60 Å². The van der Waals surface area contributed by atoms with E-state index in [1.807, 2.05) is 0 Å². The van der Waals surface area contributed by atoms with Gasteiger partial charge >= 0.3 is 0 Å². The largest absolute Gasteiger partial charge is 0.389 e. The zero-order valence-corrected chi connectivity index (χ0v) is 17.5. The van der Waals surface area contributed by atoms with Crippen LogP contribution in [-0.2, 0) is 0 Å². The summed E-state index contributed by atoms with van der Waals surface area (Å²) in [6, 6.07) is 19.3. The van der Waals surface area contributed by atoms with Gasteiger partial charge in [-0.2, -0.15) is 0 Å². The van der Waals surface area contributed by atoms with Crippen molar-refractivity contribution in [2.24, 2.45) is 0 Å². The lowest BCUT2D eigenvalue weighted by atomic mass is 9.70. The van der Waals surface area contributed by atoms with Crippen molar-refractivity contribution in [3.63, 3.8) is 0 Å². The van der Waals surface area contributed by atoms with Crippen LogP contribution < -0.4 is 0 Å². The Hall–Kier alpha value is -1.16. The molecule has 2 aromatic rings. The molecule has 0 bridgehead atoms. The Morgan fingerprint density at radius 3 is 2.19 bits per heavy atom. The predicted octanol–water partition coefficient (Wildman–Crippen LogP) is 5.92. The Kier molecular flexibility index (Phi) is 6.55. The number of halogens is 1. The molecule has 1 saturated carbocycles. The van der Waals surface area contributed by atoms with E-state index in [4.69, 9.17) is 0 Å². The lowest BCUT2D eigenvalue weighted by molar-refractivity contribution is -0.0298. The van der Waals surface area contributed by atoms with E-state index in [-0.39, 0.29) is 12.0 Å². The van der Waals surface area contributed by atoms with Crippen molar-refractivity contribution in [2.45, 2.75) is 56.1 Å². The van der Waals surface area contributed by atoms with Crippen LogP contribution in [0.25, 0.3) is 0 Å². The first-order valence-corrected chi connectivity index (χ1v) is 10.5. The average Bonchev–Trinajstić information content (AvgIpc) is 2.64. The smallest absolute Gasteiger partial charge is 0.0716 e. The monoisotopic (exact) mass is 415 g/mol. The molecule has 0 aliphatic heterocycles. The summed E-state index contributed by atoms with van der Waals surface area (Å²) < 4.78 is 1.14. The van der Waals surface area contributed by atoms with Gasteiger partial charge in [0, 0.05) is 16.4 Å². The molecular formula is C23H30BrNO. The number of aliphatic hydroxyl groups is 1. The zero-order chi connectivity index (χ0) is 18.6. The molecule has 1 fully saturated rings. The molecule has 3 heteroatoms. The second kappa shape index (κ2) is 8.69. The summed E-state index contributed by atoms with van der Waals surface area (Å²) in [5.74, 6) is 0.142. The minimum absolute atomic E-state index is 0.142. The van der Waals surface area contributed by atoms with Gasteiger partial charge in [0.2, 0.25) is 0 Å². The molecule has 2 nitrogen and oxygen atoms in total. The van der Waals surface area contributed by atoms with Crippen molar-refractivity contribution in [2.75, 3.05) is 14.1 Å². The first-order valence-electron chi connectivity index (χ1n) is 9.69. The number of benzene rings is 2. The van der Waals surface area contributed by atoms with Gasteiger partial charge in [-0.25, -0.2) is 0 Å².